The van der Waals surface area contributed by atoms with E-state index in [4.69, 9.17) is 0 Å². The van der Waals surface area contributed by atoms with Gasteiger partial charge in [0.2, 0.25) is 0 Å². The van der Waals surface area contributed by atoms with Crippen LogP contribution in [-0.4, -0.2) is 5.78 Å². The fourth-order valence-electron chi connectivity index (χ4n) is 2.37. The molecule has 0 aliphatic heterocycles. The summed E-state index contributed by atoms with van der Waals surface area (Å²) >= 11 is 0. The minimum Gasteiger partial charge on any atom is -0.295 e. The molecule has 1 unspecified atom stereocenters. The van der Waals surface area contributed by atoms with Crippen molar-refractivity contribution in [2.45, 2.75) is 25.4 Å². The number of ketones is 1. The van der Waals surface area contributed by atoms with Gasteiger partial charge >= 0.3 is 6.18 Å². The monoisotopic (exact) mass is 280 g/mol. The van der Waals surface area contributed by atoms with Crippen molar-refractivity contribution in [3.8, 4) is 0 Å². The predicted octanol–water partition coefficient (Wildman–Crippen LogP) is 4.64. The standard InChI is InChI=1S/C16H15F3O/c1-2-3-12-4-5-13(10-15(12)20)11-6-8-14(9-7-11)16(17,18)19/h2,6-10,12H,1,3-5H2. The third-order valence-electron chi connectivity index (χ3n) is 3.52. The molecule has 0 fully saturated rings. The zero-order valence-electron chi connectivity index (χ0n) is 10.9. The summed E-state index contributed by atoms with van der Waals surface area (Å²) in [5.41, 5.74) is 0.820. The zero-order chi connectivity index (χ0) is 14.8. The molecule has 1 aliphatic rings. The minimum atomic E-state index is -4.33. The second-order valence-electron chi connectivity index (χ2n) is 4.91. The normalized spacial score (nSPS) is 19.6. The van der Waals surface area contributed by atoms with E-state index < -0.39 is 11.7 Å². The van der Waals surface area contributed by atoms with Crippen molar-refractivity contribution in [1.82, 2.24) is 0 Å². The topological polar surface area (TPSA) is 17.1 Å². The molecule has 106 valence electrons. The van der Waals surface area contributed by atoms with E-state index in [0.717, 1.165) is 24.1 Å². The number of halogens is 3. The molecule has 2 rings (SSSR count). The molecule has 0 amide bonds. The van der Waals surface area contributed by atoms with Gasteiger partial charge in [-0.05, 0) is 48.6 Å². The van der Waals surface area contributed by atoms with Crippen LogP contribution in [0, 0.1) is 5.92 Å². The molecule has 0 spiro atoms. The molecule has 0 aromatic heterocycles. The maximum absolute atomic E-state index is 12.5. The van der Waals surface area contributed by atoms with Gasteiger partial charge in [-0.2, -0.15) is 13.2 Å². The molecule has 0 radical (unpaired) electrons. The van der Waals surface area contributed by atoms with Crippen molar-refractivity contribution in [1.29, 1.82) is 0 Å². The van der Waals surface area contributed by atoms with Crippen LogP contribution in [0.15, 0.2) is 43.0 Å². The highest BCUT2D eigenvalue weighted by atomic mass is 19.4. The lowest BCUT2D eigenvalue weighted by atomic mass is 9.84. The third kappa shape index (κ3) is 3.18. The van der Waals surface area contributed by atoms with E-state index >= 15 is 0 Å². The Balaban J connectivity index is 2.19. The van der Waals surface area contributed by atoms with Crippen molar-refractivity contribution < 1.29 is 18.0 Å². The van der Waals surface area contributed by atoms with E-state index in [1.54, 1.807) is 12.2 Å². The summed E-state index contributed by atoms with van der Waals surface area (Å²) in [5, 5.41) is 0. The lowest BCUT2D eigenvalue weighted by molar-refractivity contribution is -0.137. The molecule has 0 saturated heterocycles. The summed E-state index contributed by atoms with van der Waals surface area (Å²) in [7, 11) is 0. The van der Waals surface area contributed by atoms with Crippen molar-refractivity contribution in [2.24, 2.45) is 5.92 Å². The maximum Gasteiger partial charge on any atom is 0.416 e. The summed E-state index contributed by atoms with van der Waals surface area (Å²) < 4.78 is 37.4. The maximum atomic E-state index is 12.5. The molecule has 1 atom stereocenters. The molecule has 0 saturated carbocycles. The van der Waals surface area contributed by atoms with Crippen molar-refractivity contribution in [3.63, 3.8) is 0 Å². The van der Waals surface area contributed by atoms with Gasteiger partial charge in [-0.1, -0.05) is 18.2 Å². The zero-order valence-corrected chi connectivity index (χ0v) is 10.9. The van der Waals surface area contributed by atoms with E-state index in [-0.39, 0.29) is 11.7 Å². The van der Waals surface area contributed by atoms with Gasteiger partial charge in [-0.15, -0.1) is 6.58 Å². The van der Waals surface area contributed by atoms with Gasteiger partial charge in [0.15, 0.2) is 5.78 Å². The largest absolute Gasteiger partial charge is 0.416 e. The minimum absolute atomic E-state index is 0.0334. The predicted molar refractivity (Wildman–Crippen MR) is 72.0 cm³/mol. The van der Waals surface area contributed by atoms with Crippen LogP contribution in [0.1, 0.15) is 30.4 Å². The fraction of sp³-hybridized carbons (Fsp3) is 0.312. The number of hydrogen-bond donors (Lipinski definition) is 0. The molecule has 1 nitrogen and oxygen atoms in total. The molecular formula is C16H15F3O. The Kier molecular flexibility index (Phi) is 4.12. The average molecular weight is 280 g/mol. The van der Waals surface area contributed by atoms with Gasteiger partial charge in [-0.3, -0.25) is 4.79 Å². The second kappa shape index (κ2) is 5.65. The van der Waals surface area contributed by atoms with E-state index in [0.29, 0.717) is 18.4 Å². The number of rotatable bonds is 3. The lowest BCUT2D eigenvalue weighted by Gasteiger charge is -2.20. The Morgan fingerprint density at radius 3 is 2.40 bits per heavy atom. The van der Waals surface area contributed by atoms with Crippen molar-refractivity contribution in [3.05, 3.63) is 54.1 Å². The Labute approximate surface area is 115 Å². The average Bonchev–Trinajstić information content (AvgIpc) is 2.40. The van der Waals surface area contributed by atoms with E-state index in [1.165, 1.54) is 12.1 Å². The number of carbonyl (C=O) groups excluding carboxylic acids is 1. The van der Waals surface area contributed by atoms with E-state index in [9.17, 15) is 18.0 Å². The molecule has 4 heteroatoms. The van der Waals surface area contributed by atoms with Crippen LogP contribution in [0.2, 0.25) is 0 Å². The van der Waals surface area contributed by atoms with E-state index in [2.05, 4.69) is 6.58 Å². The fourth-order valence-corrected chi connectivity index (χ4v) is 2.37. The van der Waals surface area contributed by atoms with Crippen molar-refractivity contribution >= 4 is 11.4 Å². The van der Waals surface area contributed by atoms with Gasteiger partial charge in [0.25, 0.3) is 0 Å². The number of alkyl halides is 3. The first-order chi connectivity index (χ1) is 9.41. The number of hydrogen-bond acceptors (Lipinski definition) is 1. The van der Waals surface area contributed by atoms with E-state index in [1.807, 2.05) is 0 Å². The number of carbonyl (C=O) groups is 1. The molecule has 20 heavy (non-hydrogen) atoms. The van der Waals surface area contributed by atoms with Gasteiger partial charge < -0.3 is 0 Å². The Morgan fingerprint density at radius 1 is 1.25 bits per heavy atom. The summed E-state index contributed by atoms with van der Waals surface area (Å²) in [6, 6.07) is 4.96. The molecule has 1 aliphatic carbocycles. The van der Waals surface area contributed by atoms with Crippen LogP contribution >= 0.6 is 0 Å². The van der Waals surface area contributed by atoms with Gasteiger partial charge in [-0.25, -0.2) is 0 Å². The highest BCUT2D eigenvalue weighted by Gasteiger charge is 2.30. The molecule has 1 aromatic carbocycles. The first-order valence-corrected chi connectivity index (χ1v) is 6.45. The first-order valence-electron chi connectivity index (χ1n) is 6.45. The third-order valence-corrected chi connectivity index (χ3v) is 3.52. The quantitative estimate of drug-likeness (QED) is 0.737. The number of allylic oxidation sites excluding steroid dienone is 3. The van der Waals surface area contributed by atoms with Crippen LogP contribution in [0.3, 0.4) is 0 Å². The summed E-state index contributed by atoms with van der Waals surface area (Å²) in [6.45, 7) is 3.62. The van der Waals surface area contributed by atoms with Crippen LogP contribution in [0.25, 0.3) is 5.57 Å². The molecule has 0 bridgehead atoms. The van der Waals surface area contributed by atoms with Crippen LogP contribution < -0.4 is 0 Å². The Bertz CT molecular complexity index is 538. The lowest BCUT2D eigenvalue weighted by Crippen LogP contribution is -2.16. The van der Waals surface area contributed by atoms with Gasteiger partial charge in [0.1, 0.15) is 0 Å². The highest BCUT2D eigenvalue weighted by Crippen LogP contribution is 2.33. The summed E-state index contributed by atoms with van der Waals surface area (Å²) in [6.07, 6.45) is 1.02. The van der Waals surface area contributed by atoms with Gasteiger partial charge in [0.05, 0.1) is 5.56 Å². The van der Waals surface area contributed by atoms with Crippen LogP contribution in [-0.2, 0) is 11.0 Å². The first kappa shape index (κ1) is 14.6. The number of benzene rings is 1. The van der Waals surface area contributed by atoms with Crippen LogP contribution in [0.4, 0.5) is 13.2 Å². The summed E-state index contributed by atoms with van der Waals surface area (Å²) in [4.78, 5) is 11.9. The SMILES string of the molecule is C=CCC1CCC(c2ccc(C(F)(F)F)cc2)=CC1=O. The van der Waals surface area contributed by atoms with Crippen molar-refractivity contribution in [2.75, 3.05) is 0 Å². The van der Waals surface area contributed by atoms with Crippen LogP contribution in [0.5, 0.6) is 0 Å². The Morgan fingerprint density at radius 2 is 1.90 bits per heavy atom. The summed E-state index contributed by atoms with van der Waals surface area (Å²) in [5.74, 6) is -0.00301. The molecule has 0 N–H and O–H groups in total. The Hall–Kier alpha value is -1.84. The molecular weight excluding hydrogens is 265 g/mol. The van der Waals surface area contributed by atoms with Gasteiger partial charge in [0, 0.05) is 5.92 Å². The molecule has 0 heterocycles. The second-order valence-corrected chi connectivity index (χ2v) is 4.91. The highest BCUT2D eigenvalue weighted by molar-refractivity contribution is 6.00. The molecule has 1 aromatic rings. The smallest absolute Gasteiger partial charge is 0.295 e.